The molecule has 9 N–H and O–H groups in total. The maximum Gasteiger partial charge on any atom is 0.472 e. The average molecular weight is 719 g/mol. The van der Waals surface area contributed by atoms with Gasteiger partial charge in [0.2, 0.25) is 0 Å². The number of hydrogen-bond acceptors (Lipinski definition) is 14. The number of phosphoric acid groups is 1. The fraction of sp³-hybridized carbons (Fsp3) is 1.00. The maximum atomic E-state index is 12.9. The second kappa shape index (κ2) is 23.3. The first-order valence-corrected chi connectivity index (χ1v) is 19.3. The van der Waals surface area contributed by atoms with E-state index in [-0.39, 0.29) is 6.61 Å². The summed E-state index contributed by atoms with van der Waals surface area (Å²) in [5.74, 6) is 0. The van der Waals surface area contributed by atoms with Crippen molar-refractivity contribution in [2.24, 2.45) is 0 Å². The summed E-state index contributed by atoms with van der Waals surface area (Å²) in [5.41, 5.74) is 0. The van der Waals surface area contributed by atoms with E-state index in [4.69, 9.17) is 23.3 Å². The van der Waals surface area contributed by atoms with Crippen LogP contribution in [0.2, 0.25) is 0 Å². The second-order valence-electron chi connectivity index (χ2n) is 13.1. The van der Waals surface area contributed by atoms with E-state index in [1.54, 1.807) is 0 Å². The monoisotopic (exact) mass is 718 g/mol. The molecule has 2 fully saturated rings. The molecular formula is C32H63O15P. The van der Waals surface area contributed by atoms with Gasteiger partial charge in [0.05, 0.1) is 19.3 Å². The molecule has 16 heteroatoms. The van der Waals surface area contributed by atoms with Crippen LogP contribution in [-0.4, -0.2) is 139 Å². The van der Waals surface area contributed by atoms with Gasteiger partial charge in [-0.3, -0.25) is 9.05 Å². The summed E-state index contributed by atoms with van der Waals surface area (Å²) in [4.78, 5) is 10.5. The first-order chi connectivity index (χ1) is 22.9. The van der Waals surface area contributed by atoms with Gasteiger partial charge in [0.25, 0.3) is 0 Å². The van der Waals surface area contributed by atoms with Crippen LogP contribution in [-0.2, 0) is 27.8 Å². The summed E-state index contributed by atoms with van der Waals surface area (Å²) in [6, 6.07) is 0. The Balaban J connectivity index is 1.77. The van der Waals surface area contributed by atoms with E-state index in [1.807, 2.05) is 6.92 Å². The van der Waals surface area contributed by atoms with Crippen LogP contribution in [0.25, 0.3) is 0 Å². The third-order valence-corrected chi connectivity index (χ3v) is 10.2. The van der Waals surface area contributed by atoms with Gasteiger partial charge in [0.1, 0.15) is 61.0 Å². The first-order valence-electron chi connectivity index (χ1n) is 17.8. The van der Waals surface area contributed by atoms with Crippen molar-refractivity contribution in [2.45, 2.75) is 184 Å². The predicted octanol–water partition coefficient (Wildman–Crippen LogP) is 1.41. The van der Waals surface area contributed by atoms with E-state index >= 15 is 0 Å². The van der Waals surface area contributed by atoms with Crippen molar-refractivity contribution in [3.63, 3.8) is 0 Å². The minimum absolute atomic E-state index is 0.350. The SMILES string of the molecule is CCCCCCCCCCCCCCCCO[C@H](CC)COP(=O)(O)O[C@@H]1C(O[C@@H]2OC(CO)[C@H](O)[C@H](O)C2O)C(O)[C@H](O)[C@H](O)C1O. The van der Waals surface area contributed by atoms with Crippen LogP contribution >= 0.6 is 7.82 Å². The van der Waals surface area contributed by atoms with Gasteiger partial charge >= 0.3 is 7.82 Å². The zero-order valence-electron chi connectivity index (χ0n) is 28.6. The van der Waals surface area contributed by atoms with Crippen LogP contribution in [0.3, 0.4) is 0 Å². The Morgan fingerprint density at radius 2 is 1.12 bits per heavy atom. The Labute approximate surface area is 284 Å². The molecule has 0 amide bonds. The molecule has 2 aliphatic rings. The topological polar surface area (TPSA) is 245 Å². The van der Waals surface area contributed by atoms with Gasteiger partial charge < -0.3 is 60.0 Å². The van der Waals surface area contributed by atoms with E-state index in [9.17, 15) is 50.3 Å². The predicted molar refractivity (Wildman–Crippen MR) is 174 cm³/mol. The lowest BCUT2D eigenvalue weighted by Crippen LogP contribution is -2.67. The van der Waals surface area contributed by atoms with Gasteiger partial charge in [-0.05, 0) is 12.8 Å². The number of unbranched alkanes of at least 4 members (excludes halogenated alkanes) is 13. The van der Waals surface area contributed by atoms with Crippen LogP contribution in [0.5, 0.6) is 0 Å². The fourth-order valence-corrected chi connectivity index (χ4v) is 6.96. The molecule has 0 radical (unpaired) electrons. The van der Waals surface area contributed by atoms with E-state index in [0.717, 1.165) is 19.3 Å². The molecule has 15 nitrogen and oxygen atoms in total. The number of phosphoric ester groups is 1. The molecule has 1 saturated carbocycles. The summed E-state index contributed by atoms with van der Waals surface area (Å²) >= 11 is 0. The minimum Gasteiger partial charge on any atom is -0.394 e. The van der Waals surface area contributed by atoms with Crippen LogP contribution in [0.15, 0.2) is 0 Å². The van der Waals surface area contributed by atoms with Crippen LogP contribution < -0.4 is 0 Å². The molecule has 286 valence electrons. The van der Waals surface area contributed by atoms with Gasteiger partial charge in [-0.25, -0.2) is 4.57 Å². The quantitative estimate of drug-likeness (QED) is 0.0479. The minimum atomic E-state index is -5.02. The lowest BCUT2D eigenvalue weighted by Gasteiger charge is -2.47. The van der Waals surface area contributed by atoms with Gasteiger partial charge in [0, 0.05) is 6.61 Å². The highest BCUT2D eigenvalue weighted by molar-refractivity contribution is 7.47. The molecule has 1 saturated heterocycles. The molecule has 1 aliphatic heterocycles. The molecule has 0 bridgehead atoms. The highest BCUT2D eigenvalue weighted by Gasteiger charge is 2.55. The molecule has 6 unspecified atom stereocenters. The summed E-state index contributed by atoms with van der Waals surface area (Å²) in [6.07, 6.45) is -3.71. The van der Waals surface area contributed by atoms with Crippen molar-refractivity contribution in [1.29, 1.82) is 0 Å². The maximum absolute atomic E-state index is 12.9. The summed E-state index contributed by atoms with van der Waals surface area (Å²) in [6.45, 7) is 3.34. The molecule has 0 aromatic carbocycles. The molecule has 2 rings (SSSR count). The van der Waals surface area contributed by atoms with E-state index in [1.165, 1.54) is 70.6 Å². The Morgan fingerprint density at radius 3 is 1.62 bits per heavy atom. The lowest BCUT2D eigenvalue weighted by atomic mass is 9.84. The lowest BCUT2D eigenvalue weighted by molar-refractivity contribution is -0.338. The Kier molecular flexibility index (Phi) is 21.3. The largest absolute Gasteiger partial charge is 0.472 e. The summed E-state index contributed by atoms with van der Waals surface area (Å²) < 4.78 is 39.7. The number of ether oxygens (including phenoxy) is 3. The smallest absolute Gasteiger partial charge is 0.394 e. The van der Waals surface area contributed by atoms with Crippen molar-refractivity contribution in [3.05, 3.63) is 0 Å². The van der Waals surface area contributed by atoms with Gasteiger partial charge in [-0.1, -0.05) is 97.3 Å². The second-order valence-corrected chi connectivity index (χ2v) is 14.5. The Bertz CT molecular complexity index is 884. The van der Waals surface area contributed by atoms with Crippen LogP contribution in [0.1, 0.15) is 110 Å². The van der Waals surface area contributed by atoms with Crippen LogP contribution in [0, 0.1) is 0 Å². The third-order valence-electron chi connectivity index (χ3n) is 9.17. The molecule has 1 heterocycles. The number of aliphatic hydroxyl groups is 8. The molecule has 0 spiro atoms. The molecule has 0 aromatic heterocycles. The number of hydrogen-bond donors (Lipinski definition) is 9. The standard InChI is InChI=1S/C32H63O15P/c1-3-5-6-7-8-9-10-11-12-13-14-15-16-17-18-43-21(4-2)20-44-48(41,42)47-31-28(39)26(37)25(36)27(38)30(31)46-32-29(40)24(35)23(34)22(19-33)45-32/h21-40H,3-20H2,1-2H3,(H,41,42)/t21-,22?,23+,24+,25-,26+,27?,28?,29?,30?,31+,32+/m1/s1. The highest BCUT2D eigenvalue weighted by Crippen LogP contribution is 2.48. The normalized spacial score (nSPS) is 34.6. The van der Waals surface area contributed by atoms with Crippen molar-refractivity contribution >= 4 is 7.82 Å². The molecule has 48 heavy (non-hydrogen) atoms. The fourth-order valence-electron chi connectivity index (χ4n) is 5.99. The first kappa shape index (κ1) is 43.8. The van der Waals surface area contributed by atoms with Gasteiger partial charge in [-0.2, -0.15) is 0 Å². The van der Waals surface area contributed by atoms with E-state index in [2.05, 4.69) is 6.92 Å². The number of rotatable bonds is 25. The zero-order chi connectivity index (χ0) is 35.7. The van der Waals surface area contributed by atoms with Crippen molar-refractivity contribution < 1.29 is 73.6 Å². The average Bonchev–Trinajstić information content (AvgIpc) is 3.07. The molecule has 0 aromatic rings. The van der Waals surface area contributed by atoms with Crippen molar-refractivity contribution in [3.8, 4) is 0 Å². The molecule has 13 atom stereocenters. The summed E-state index contributed by atoms with van der Waals surface area (Å²) in [5, 5.41) is 81.5. The molecular weight excluding hydrogens is 655 g/mol. The van der Waals surface area contributed by atoms with E-state index in [0.29, 0.717) is 13.0 Å². The van der Waals surface area contributed by atoms with Gasteiger partial charge in [0.15, 0.2) is 6.29 Å². The highest BCUT2D eigenvalue weighted by atomic mass is 31.2. The van der Waals surface area contributed by atoms with Crippen molar-refractivity contribution in [2.75, 3.05) is 19.8 Å². The third kappa shape index (κ3) is 14.4. The summed E-state index contributed by atoms with van der Waals surface area (Å²) in [7, 11) is -5.02. The van der Waals surface area contributed by atoms with Gasteiger partial charge in [-0.15, -0.1) is 0 Å². The van der Waals surface area contributed by atoms with Crippen LogP contribution in [0.4, 0.5) is 0 Å². The molecule has 1 aliphatic carbocycles. The Morgan fingerprint density at radius 1 is 0.646 bits per heavy atom. The van der Waals surface area contributed by atoms with Crippen molar-refractivity contribution in [1.82, 2.24) is 0 Å². The van der Waals surface area contributed by atoms with E-state index < -0.39 is 87.9 Å². The number of aliphatic hydroxyl groups excluding tert-OH is 8. The zero-order valence-corrected chi connectivity index (χ0v) is 29.5. The Hall–Kier alpha value is -0.330.